The van der Waals surface area contributed by atoms with Gasteiger partial charge in [0.2, 0.25) is 11.8 Å². The molecule has 3 aromatic carbocycles. The maximum Gasteiger partial charge on any atom is 0.240 e. The Balaban J connectivity index is 1.78. The number of rotatable bonds is 8. The van der Waals surface area contributed by atoms with E-state index in [-0.39, 0.29) is 29.4 Å². The van der Waals surface area contributed by atoms with Crippen LogP contribution < -0.4 is 15.0 Å². The Morgan fingerprint density at radius 2 is 1.87 bits per heavy atom. The molecule has 0 radical (unpaired) electrons. The minimum absolute atomic E-state index is 0.106. The van der Waals surface area contributed by atoms with Crippen molar-refractivity contribution >= 4 is 41.0 Å². The zero-order chi connectivity index (χ0) is 27.4. The Bertz CT molecular complexity index is 1470. The zero-order valence-electron chi connectivity index (χ0n) is 21.8. The highest BCUT2D eigenvalue weighted by Gasteiger charge is 2.37. The molecule has 200 valence electrons. The van der Waals surface area contributed by atoms with Crippen molar-refractivity contribution in [1.29, 1.82) is 0 Å². The molecule has 1 atom stereocenters. The summed E-state index contributed by atoms with van der Waals surface area (Å²) < 4.78 is 7.13. The summed E-state index contributed by atoms with van der Waals surface area (Å²) in [4.78, 5) is 28.2. The van der Waals surface area contributed by atoms with E-state index in [0.717, 1.165) is 34.5 Å². The van der Waals surface area contributed by atoms with Crippen LogP contribution >= 0.6 is 23.4 Å². The summed E-state index contributed by atoms with van der Waals surface area (Å²) in [6.07, 6.45) is 0.805. The van der Waals surface area contributed by atoms with Crippen molar-refractivity contribution in [3.8, 4) is 22.7 Å². The van der Waals surface area contributed by atoms with Gasteiger partial charge in [-0.15, -0.1) is 11.8 Å². The van der Waals surface area contributed by atoms with E-state index in [9.17, 15) is 9.59 Å². The van der Waals surface area contributed by atoms with Gasteiger partial charge in [0, 0.05) is 22.7 Å². The van der Waals surface area contributed by atoms with Crippen LogP contribution in [0.1, 0.15) is 29.7 Å². The van der Waals surface area contributed by atoms with E-state index < -0.39 is 0 Å². The van der Waals surface area contributed by atoms with E-state index in [2.05, 4.69) is 5.32 Å². The number of carbonyl (C=O) groups is 2. The van der Waals surface area contributed by atoms with Gasteiger partial charge in [0.1, 0.15) is 18.1 Å². The summed E-state index contributed by atoms with van der Waals surface area (Å²) in [5.41, 5.74) is 4.23. The molecule has 7 nitrogen and oxygen atoms in total. The zero-order valence-corrected chi connectivity index (χ0v) is 23.3. The standard InChI is InChI=1S/C30H29ClN4O3S/c1-3-16-32-25(36)18-34-26(37)19-39-29(21-10-7-11-22(31)17-21)27-28(20-8-5-4-6-9-20)33-35(30(27)34)23-12-14-24(38-2)15-13-23/h4-15,17,29H,3,16,18-19H2,1-2H3,(H,32,36)/t29-/m1/s1. The number of anilines is 1. The maximum atomic E-state index is 13.7. The summed E-state index contributed by atoms with van der Waals surface area (Å²) in [5.74, 6) is 1.10. The van der Waals surface area contributed by atoms with Crippen LogP contribution in [-0.2, 0) is 9.59 Å². The molecule has 1 aliphatic heterocycles. The lowest BCUT2D eigenvalue weighted by Crippen LogP contribution is -2.42. The Morgan fingerprint density at radius 1 is 1.10 bits per heavy atom. The van der Waals surface area contributed by atoms with Crippen LogP contribution in [0.15, 0.2) is 78.9 Å². The number of aromatic nitrogens is 2. The highest BCUT2D eigenvalue weighted by molar-refractivity contribution is 8.00. The van der Waals surface area contributed by atoms with Crippen molar-refractivity contribution in [2.24, 2.45) is 0 Å². The quantitative estimate of drug-likeness (QED) is 0.290. The molecule has 0 bridgehead atoms. The van der Waals surface area contributed by atoms with Gasteiger partial charge in [0.25, 0.3) is 0 Å². The third-order valence-electron chi connectivity index (χ3n) is 6.48. The van der Waals surface area contributed by atoms with E-state index in [1.807, 2.05) is 85.8 Å². The van der Waals surface area contributed by atoms with E-state index in [4.69, 9.17) is 21.4 Å². The first-order chi connectivity index (χ1) is 19.0. The molecule has 2 amide bonds. The molecule has 0 unspecified atom stereocenters. The van der Waals surface area contributed by atoms with Crippen molar-refractivity contribution in [2.75, 3.05) is 30.9 Å². The van der Waals surface area contributed by atoms with E-state index >= 15 is 0 Å². The molecule has 1 N–H and O–H groups in total. The summed E-state index contributed by atoms with van der Waals surface area (Å²) in [5, 5.41) is 8.37. The number of nitrogens with zero attached hydrogens (tertiary/aromatic N) is 3. The van der Waals surface area contributed by atoms with E-state index in [1.165, 1.54) is 11.8 Å². The predicted molar refractivity (Wildman–Crippen MR) is 157 cm³/mol. The highest BCUT2D eigenvalue weighted by atomic mass is 35.5. The van der Waals surface area contributed by atoms with Crippen molar-refractivity contribution in [2.45, 2.75) is 18.6 Å². The maximum absolute atomic E-state index is 13.7. The lowest BCUT2D eigenvalue weighted by molar-refractivity contribution is -0.122. The van der Waals surface area contributed by atoms with Gasteiger partial charge < -0.3 is 10.1 Å². The average molecular weight is 561 g/mol. The summed E-state index contributed by atoms with van der Waals surface area (Å²) in [6.45, 7) is 2.43. The predicted octanol–water partition coefficient (Wildman–Crippen LogP) is 5.90. The summed E-state index contributed by atoms with van der Waals surface area (Å²) in [6, 6.07) is 25.1. The molecule has 0 aliphatic carbocycles. The molecule has 0 saturated carbocycles. The Morgan fingerprint density at radius 3 is 2.56 bits per heavy atom. The van der Waals surface area contributed by atoms with Crippen LogP contribution in [0.4, 0.5) is 5.82 Å². The number of benzene rings is 3. The first-order valence-corrected chi connectivity index (χ1v) is 14.2. The largest absolute Gasteiger partial charge is 0.497 e. The van der Waals surface area contributed by atoms with Gasteiger partial charge in [-0.2, -0.15) is 5.10 Å². The topological polar surface area (TPSA) is 76.5 Å². The van der Waals surface area contributed by atoms with Gasteiger partial charge in [-0.1, -0.05) is 61.0 Å². The van der Waals surface area contributed by atoms with Gasteiger partial charge in [-0.3, -0.25) is 14.5 Å². The van der Waals surface area contributed by atoms with E-state index in [0.29, 0.717) is 23.1 Å². The molecule has 9 heteroatoms. The minimum Gasteiger partial charge on any atom is -0.497 e. The Kier molecular flexibility index (Phi) is 8.24. The monoisotopic (exact) mass is 560 g/mol. The molecule has 39 heavy (non-hydrogen) atoms. The first-order valence-electron chi connectivity index (χ1n) is 12.8. The molecule has 5 rings (SSSR count). The second-order valence-corrected chi connectivity index (χ2v) is 10.7. The number of thioether (sulfide) groups is 1. The van der Waals surface area contributed by atoms with Crippen LogP contribution in [0.5, 0.6) is 5.75 Å². The van der Waals surface area contributed by atoms with Crippen LogP contribution in [0.25, 0.3) is 16.9 Å². The third-order valence-corrected chi connectivity index (χ3v) is 7.97. The smallest absolute Gasteiger partial charge is 0.240 e. The first kappa shape index (κ1) is 26.8. The van der Waals surface area contributed by atoms with Crippen molar-refractivity contribution in [3.63, 3.8) is 0 Å². The molecular formula is C30H29ClN4O3S. The van der Waals surface area contributed by atoms with Gasteiger partial charge in [0.15, 0.2) is 0 Å². The molecule has 2 heterocycles. The molecule has 1 aromatic heterocycles. The molecule has 4 aromatic rings. The number of ether oxygens (including phenoxy) is 1. The summed E-state index contributed by atoms with van der Waals surface area (Å²) >= 11 is 7.93. The van der Waals surface area contributed by atoms with E-state index in [1.54, 1.807) is 16.7 Å². The lowest BCUT2D eigenvalue weighted by Gasteiger charge is -2.23. The number of carbonyl (C=O) groups excluding carboxylic acids is 2. The number of methoxy groups -OCH3 is 1. The SMILES string of the molecule is CCCNC(=O)CN1C(=O)CS[C@H](c2cccc(Cl)c2)c2c(-c3ccccc3)nn(-c3ccc(OC)cc3)c21. The molecular weight excluding hydrogens is 532 g/mol. The fourth-order valence-electron chi connectivity index (χ4n) is 4.63. The minimum atomic E-state index is -0.242. The van der Waals surface area contributed by atoms with Gasteiger partial charge in [0.05, 0.1) is 29.5 Å². The number of nitrogens with one attached hydrogen (secondary N) is 1. The molecule has 0 saturated heterocycles. The second kappa shape index (κ2) is 12.0. The number of fused-ring (bicyclic) bond motifs is 1. The fraction of sp³-hybridized carbons (Fsp3) is 0.233. The van der Waals surface area contributed by atoms with Gasteiger partial charge in [-0.25, -0.2) is 4.68 Å². The van der Waals surface area contributed by atoms with Crippen LogP contribution in [0, 0.1) is 0 Å². The fourth-order valence-corrected chi connectivity index (χ4v) is 6.02. The number of amides is 2. The number of hydrogen-bond donors (Lipinski definition) is 1. The lowest BCUT2D eigenvalue weighted by atomic mass is 9.99. The van der Waals surface area contributed by atoms with Crippen molar-refractivity contribution < 1.29 is 14.3 Å². The molecule has 0 spiro atoms. The third kappa shape index (κ3) is 5.67. The van der Waals surface area contributed by atoms with Crippen molar-refractivity contribution in [1.82, 2.24) is 15.1 Å². The normalized spacial score (nSPS) is 15.0. The number of halogens is 1. The number of hydrogen-bond acceptors (Lipinski definition) is 5. The summed E-state index contributed by atoms with van der Waals surface area (Å²) in [7, 11) is 1.62. The Labute approximate surface area is 237 Å². The Hall–Kier alpha value is -3.75. The molecule has 0 fully saturated rings. The van der Waals surface area contributed by atoms with Gasteiger partial charge in [-0.05, 0) is 48.4 Å². The van der Waals surface area contributed by atoms with Crippen LogP contribution in [-0.4, -0.2) is 47.5 Å². The molecule has 1 aliphatic rings. The second-order valence-electron chi connectivity index (χ2n) is 9.14. The van der Waals surface area contributed by atoms with Crippen LogP contribution in [0.2, 0.25) is 5.02 Å². The van der Waals surface area contributed by atoms with Gasteiger partial charge >= 0.3 is 0 Å². The van der Waals surface area contributed by atoms with Crippen LogP contribution in [0.3, 0.4) is 0 Å². The average Bonchev–Trinajstić information content (AvgIpc) is 3.29. The highest BCUT2D eigenvalue weighted by Crippen LogP contribution is 2.48. The van der Waals surface area contributed by atoms with Crippen molar-refractivity contribution in [3.05, 3.63) is 95.0 Å².